The quantitative estimate of drug-likeness (QED) is 0.411. The monoisotopic (exact) mass is 418 g/mol. The third-order valence-electron chi connectivity index (χ3n) is 4.42. The molecular formula is C19H22N4O5S. The van der Waals surface area contributed by atoms with Gasteiger partial charge in [0, 0.05) is 26.7 Å². The third-order valence-corrected chi connectivity index (χ3v) is 6.23. The SMILES string of the molecule is CCCn1c(COc2cccc([N+](=O)[O-])c2)nc2cc(S(=O)(=O)N(C)C)ccc21. The summed E-state index contributed by atoms with van der Waals surface area (Å²) in [4.78, 5) is 15.2. The van der Waals surface area contributed by atoms with Crippen molar-refractivity contribution in [2.45, 2.75) is 31.4 Å². The summed E-state index contributed by atoms with van der Waals surface area (Å²) < 4.78 is 33.7. The Kier molecular flexibility index (Phi) is 5.85. The van der Waals surface area contributed by atoms with E-state index in [-0.39, 0.29) is 17.2 Å². The van der Waals surface area contributed by atoms with E-state index in [1.807, 2.05) is 11.5 Å². The minimum atomic E-state index is -3.56. The number of ether oxygens (including phenoxy) is 1. The van der Waals surface area contributed by atoms with Gasteiger partial charge in [0.2, 0.25) is 10.0 Å². The number of hydrogen-bond donors (Lipinski definition) is 0. The van der Waals surface area contributed by atoms with Crippen LogP contribution in [0.4, 0.5) is 5.69 Å². The molecule has 2 aromatic carbocycles. The minimum Gasteiger partial charge on any atom is -0.485 e. The van der Waals surface area contributed by atoms with Crippen LogP contribution in [-0.2, 0) is 23.2 Å². The second kappa shape index (κ2) is 8.18. The fourth-order valence-electron chi connectivity index (χ4n) is 2.95. The summed E-state index contributed by atoms with van der Waals surface area (Å²) in [5.74, 6) is 0.984. The molecule has 0 aliphatic rings. The van der Waals surface area contributed by atoms with E-state index >= 15 is 0 Å². The highest BCUT2D eigenvalue weighted by atomic mass is 32.2. The van der Waals surface area contributed by atoms with Gasteiger partial charge < -0.3 is 9.30 Å². The summed E-state index contributed by atoms with van der Waals surface area (Å²) in [5.41, 5.74) is 1.31. The van der Waals surface area contributed by atoms with Gasteiger partial charge in [-0.25, -0.2) is 17.7 Å². The molecule has 154 valence electrons. The lowest BCUT2D eigenvalue weighted by Crippen LogP contribution is -2.22. The number of fused-ring (bicyclic) bond motifs is 1. The molecule has 9 nitrogen and oxygen atoms in total. The lowest BCUT2D eigenvalue weighted by Gasteiger charge is -2.11. The van der Waals surface area contributed by atoms with E-state index in [0.29, 0.717) is 23.6 Å². The van der Waals surface area contributed by atoms with Crippen LogP contribution < -0.4 is 4.74 Å². The largest absolute Gasteiger partial charge is 0.485 e. The van der Waals surface area contributed by atoms with E-state index in [1.54, 1.807) is 30.3 Å². The number of rotatable bonds is 8. The molecule has 0 fully saturated rings. The van der Waals surface area contributed by atoms with Crippen molar-refractivity contribution >= 4 is 26.7 Å². The summed E-state index contributed by atoms with van der Waals surface area (Å²) in [7, 11) is -0.604. The third kappa shape index (κ3) is 4.22. The number of benzene rings is 2. The Morgan fingerprint density at radius 1 is 1.21 bits per heavy atom. The van der Waals surface area contributed by atoms with Gasteiger partial charge >= 0.3 is 0 Å². The Labute approximate surface area is 168 Å². The molecule has 0 saturated heterocycles. The standard InChI is InChI=1S/C19H22N4O5S/c1-4-10-22-18-9-8-16(29(26,27)21(2)3)12-17(18)20-19(22)13-28-15-7-5-6-14(11-15)23(24)25/h5-9,11-12H,4,10,13H2,1-3H3. The molecule has 0 aliphatic heterocycles. The van der Waals surface area contributed by atoms with Gasteiger partial charge in [0.1, 0.15) is 18.2 Å². The van der Waals surface area contributed by atoms with Crippen molar-refractivity contribution in [1.29, 1.82) is 0 Å². The lowest BCUT2D eigenvalue weighted by molar-refractivity contribution is -0.384. The van der Waals surface area contributed by atoms with Crippen LogP contribution in [0.15, 0.2) is 47.4 Å². The molecule has 0 amide bonds. The second-order valence-corrected chi connectivity index (χ2v) is 8.81. The molecule has 0 unspecified atom stereocenters. The van der Waals surface area contributed by atoms with Crippen molar-refractivity contribution in [3.8, 4) is 5.75 Å². The number of nitrogens with zero attached hydrogens (tertiary/aromatic N) is 4. The first-order valence-corrected chi connectivity index (χ1v) is 10.5. The summed E-state index contributed by atoms with van der Waals surface area (Å²) >= 11 is 0. The highest BCUT2D eigenvalue weighted by Crippen LogP contribution is 2.24. The highest BCUT2D eigenvalue weighted by Gasteiger charge is 2.20. The Bertz CT molecular complexity index is 1150. The Morgan fingerprint density at radius 3 is 2.62 bits per heavy atom. The van der Waals surface area contributed by atoms with E-state index in [9.17, 15) is 18.5 Å². The normalized spacial score (nSPS) is 11.9. The summed E-state index contributed by atoms with van der Waals surface area (Å²) in [6.07, 6.45) is 0.854. The molecule has 1 aromatic heterocycles. The Balaban J connectivity index is 1.95. The van der Waals surface area contributed by atoms with Gasteiger partial charge in [-0.1, -0.05) is 13.0 Å². The number of hydrogen-bond acceptors (Lipinski definition) is 6. The first-order chi connectivity index (χ1) is 13.7. The number of imidazole rings is 1. The minimum absolute atomic E-state index is 0.0527. The van der Waals surface area contributed by atoms with Crippen LogP contribution >= 0.6 is 0 Å². The Hall–Kier alpha value is -2.98. The fourth-order valence-corrected chi connectivity index (χ4v) is 3.87. The molecule has 1 heterocycles. The van der Waals surface area contributed by atoms with Crippen molar-refractivity contribution in [3.05, 3.63) is 58.4 Å². The number of nitro benzene ring substituents is 1. The number of non-ortho nitro benzene ring substituents is 1. The predicted octanol–water partition coefficient (Wildman–Crippen LogP) is 3.18. The van der Waals surface area contributed by atoms with Gasteiger partial charge in [0.05, 0.1) is 26.9 Å². The van der Waals surface area contributed by atoms with Gasteiger partial charge in [0.15, 0.2) is 0 Å². The van der Waals surface area contributed by atoms with E-state index in [1.165, 1.54) is 26.2 Å². The van der Waals surface area contributed by atoms with Gasteiger partial charge in [-0.05, 0) is 30.7 Å². The smallest absolute Gasteiger partial charge is 0.273 e. The molecule has 3 aromatic rings. The molecule has 0 saturated carbocycles. The first-order valence-electron chi connectivity index (χ1n) is 9.03. The van der Waals surface area contributed by atoms with Gasteiger partial charge in [-0.3, -0.25) is 10.1 Å². The van der Waals surface area contributed by atoms with Crippen LogP contribution in [0, 0.1) is 10.1 Å². The molecule has 0 spiro atoms. The molecule has 29 heavy (non-hydrogen) atoms. The van der Waals surface area contributed by atoms with Crippen LogP contribution in [0.1, 0.15) is 19.2 Å². The molecule has 0 N–H and O–H groups in total. The summed E-state index contributed by atoms with van der Waals surface area (Å²) in [6.45, 7) is 2.82. The van der Waals surface area contributed by atoms with E-state index in [0.717, 1.165) is 16.2 Å². The van der Waals surface area contributed by atoms with Crippen LogP contribution in [0.3, 0.4) is 0 Å². The fraction of sp³-hybridized carbons (Fsp3) is 0.316. The molecular weight excluding hydrogens is 396 g/mol. The van der Waals surface area contributed by atoms with E-state index < -0.39 is 14.9 Å². The number of sulfonamides is 1. The first kappa shape index (κ1) is 20.7. The average molecular weight is 418 g/mol. The molecule has 10 heteroatoms. The molecule has 3 rings (SSSR count). The van der Waals surface area contributed by atoms with E-state index in [4.69, 9.17) is 4.74 Å². The van der Waals surface area contributed by atoms with Crippen LogP contribution in [-0.4, -0.2) is 41.3 Å². The number of aromatic nitrogens is 2. The zero-order valence-corrected chi connectivity index (χ0v) is 17.2. The summed E-state index contributed by atoms with van der Waals surface area (Å²) in [5, 5.41) is 10.9. The van der Waals surface area contributed by atoms with Gasteiger partial charge in [-0.2, -0.15) is 0 Å². The molecule has 0 atom stereocenters. The van der Waals surface area contributed by atoms with Crippen molar-refractivity contribution in [2.75, 3.05) is 14.1 Å². The zero-order valence-electron chi connectivity index (χ0n) is 16.4. The van der Waals surface area contributed by atoms with Crippen LogP contribution in [0.5, 0.6) is 5.75 Å². The number of nitro groups is 1. The highest BCUT2D eigenvalue weighted by molar-refractivity contribution is 7.89. The molecule has 0 aliphatic carbocycles. The lowest BCUT2D eigenvalue weighted by atomic mass is 10.3. The van der Waals surface area contributed by atoms with Crippen LogP contribution in [0.25, 0.3) is 11.0 Å². The van der Waals surface area contributed by atoms with E-state index in [2.05, 4.69) is 4.98 Å². The maximum atomic E-state index is 12.4. The Morgan fingerprint density at radius 2 is 1.97 bits per heavy atom. The van der Waals surface area contributed by atoms with Crippen LogP contribution in [0.2, 0.25) is 0 Å². The molecule has 0 bridgehead atoms. The summed E-state index contributed by atoms with van der Waals surface area (Å²) in [6, 6.07) is 10.8. The molecule has 0 radical (unpaired) electrons. The zero-order chi connectivity index (χ0) is 21.2. The van der Waals surface area contributed by atoms with Crippen molar-refractivity contribution < 1.29 is 18.1 Å². The second-order valence-electron chi connectivity index (χ2n) is 6.66. The van der Waals surface area contributed by atoms with Gasteiger partial charge in [-0.15, -0.1) is 0 Å². The number of aryl methyl sites for hydroxylation is 1. The predicted molar refractivity (Wildman–Crippen MR) is 108 cm³/mol. The van der Waals surface area contributed by atoms with Crippen molar-refractivity contribution in [3.63, 3.8) is 0 Å². The van der Waals surface area contributed by atoms with Crippen molar-refractivity contribution in [1.82, 2.24) is 13.9 Å². The average Bonchev–Trinajstić information content (AvgIpc) is 3.03. The van der Waals surface area contributed by atoms with Crippen molar-refractivity contribution in [2.24, 2.45) is 0 Å². The maximum absolute atomic E-state index is 12.4. The maximum Gasteiger partial charge on any atom is 0.273 e. The topological polar surface area (TPSA) is 108 Å². The van der Waals surface area contributed by atoms with Gasteiger partial charge in [0.25, 0.3) is 5.69 Å².